The predicted molar refractivity (Wildman–Crippen MR) is 156 cm³/mol. The second-order valence-electron chi connectivity index (χ2n) is 13.1. The highest BCUT2D eigenvalue weighted by Gasteiger charge is 2.50. The number of hydrogen-bond donors (Lipinski definition) is 2. The maximum Gasteiger partial charge on any atom is 0.168 e. The van der Waals surface area contributed by atoms with E-state index in [4.69, 9.17) is 0 Å². The number of carbonyl (C=O) groups excluding carboxylic acids is 2. The minimum Gasteiger partial charge on any atom is -0.388 e. The van der Waals surface area contributed by atoms with E-state index < -0.39 is 17.6 Å². The lowest BCUT2D eigenvalue weighted by Crippen LogP contribution is -2.36. The molecule has 6 atom stereocenters. The Labute approximate surface area is 231 Å². The highest BCUT2D eigenvalue weighted by Crippen LogP contribution is 2.59. The van der Waals surface area contributed by atoms with Crippen LogP contribution in [0.3, 0.4) is 0 Å². The highest BCUT2D eigenvalue weighted by molar-refractivity contribution is 6.10. The largest absolute Gasteiger partial charge is 0.388 e. The highest BCUT2D eigenvalue weighted by atomic mass is 16.3. The van der Waals surface area contributed by atoms with Crippen LogP contribution in [-0.2, 0) is 9.59 Å². The first-order valence-electron chi connectivity index (χ1n) is 15.1. The number of ketones is 2. The Morgan fingerprint density at radius 1 is 1.11 bits per heavy atom. The monoisotopic (exact) mass is 524 g/mol. The second kappa shape index (κ2) is 13.0. The number of carbonyl (C=O) groups is 2. The molecule has 3 rings (SSSR count). The van der Waals surface area contributed by atoms with E-state index in [-0.39, 0.29) is 22.9 Å². The zero-order valence-corrected chi connectivity index (χ0v) is 24.6. The fourth-order valence-electron chi connectivity index (χ4n) is 7.31. The molecule has 0 radical (unpaired) electrons. The van der Waals surface area contributed by atoms with Gasteiger partial charge in [0.2, 0.25) is 0 Å². The van der Waals surface area contributed by atoms with Crippen LogP contribution in [0.25, 0.3) is 0 Å². The van der Waals surface area contributed by atoms with E-state index in [0.717, 1.165) is 56.9 Å². The van der Waals surface area contributed by atoms with Gasteiger partial charge in [-0.05, 0) is 100 Å². The fourth-order valence-corrected chi connectivity index (χ4v) is 7.31. The fraction of sp³-hybridized carbons (Fsp3) is 0.706. The van der Waals surface area contributed by atoms with Gasteiger partial charge in [0.15, 0.2) is 5.78 Å². The van der Waals surface area contributed by atoms with Gasteiger partial charge in [0.05, 0.1) is 17.6 Å². The molecule has 0 saturated heterocycles. The molecule has 0 heterocycles. The Morgan fingerprint density at radius 3 is 2.45 bits per heavy atom. The average molecular weight is 525 g/mol. The second-order valence-corrected chi connectivity index (χ2v) is 13.1. The zero-order chi connectivity index (χ0) is 28.1. The summed E-state index contributed by atoms with van der Waals surface area (Å²) in [6, 6.07) is 0. The molecule has 0 aromatic carbocycles. The van der Waals surface area contributed by atoms with Crippen LogP contribution in [-0.4, -0.2) is 34.0 Å². The van der Waals surface area contributed by atoms with Crippen molar-refractivity contribution in [1.82, 2.24) is 0 Å². The van der Waals surface area contributed by atoms with Crippen molar-refractivity contribution < 1.29 is 19.8 Å². The molecule has 3 fully saturated rings. The lowest BCUT2D eigenvalue weighted by molar-refractivity contribution is -0.136. The Bertz CT molecular complexity index is 951. The number of unbranched alkanes of at least 4 members (excludes halogenated alkanes) is 3. The van der Waals surface area contributed by atoms with Crippen LogP contribution in [0.15, 0.2) is 47.6 Å². The number of Topliss-reactive ketones (excluding diaryl/α,β-unsaturated/α-hetero) is 1. The van der Waals surface area contributed by atoms with Gasteiger partial charge >= 0.3 is 0 Å². The van der Waals surface area contributed by atoms with Crippen molar-refractivity contribution in [3.05, 3.63) is 47.6 Å². The number of aliphatic hydroxyl groups excluding tert-OH is 2. The zero-order valence-electron chi connectivity index (χ0n) is 24.6. The Balaban J connectivity index is 1.65. The third kappa shape index (κ3) is 6.86. The van der Waals surface area contributed by atoms with E-state index in [2.05, 4.69) is 45.6 Å². The van der Waals surface area contributed by atoms with Crippen molar-refractivity contribution in [2.45, 2.75) is 124 Å². The van der Waals surface area contributed by atoms with Gasteiger partial charge in [-0.2, -0.15) is 0 Å². The van der Waals surface area contributed by atoms with Gasteiger partial charge in [0, 0.05) is 6.42 Å². The van der Waals surface area contributed by atoms with E-state index in [9.17, 15) is 19.8 Å². The Morgan fingerprint density at radius 2 is 1.79 bits per heavy atom. The third-order valence-electron chi connectivity index (χ3n) is 10.1. The van der Waals surface area contributed by atoms with Crippen LogP contribution in [0.4, 0.5) is 0 Å². The van der Waals surface area contributed by atoms with Gasteiger partial charge in [0.1, 0.15) is 5.78 Å². The van der Waals surface area contributed by atoms with E-state index in [0.29, 0.717) is 36.7 Å². The van der Waals surface area contributed by atoms with Gasteiger partial charge in [-0.3, -0.25) is 9.59 Å². The molecule has 0 spiro atoms. The van der Waals surface area contributed by atoms with Crippen LogP contribution in [0, 0.1) is 28.6 Å². The number of aliphatic hydroxyl groups is 2. The van der Waals surface area contributed by atoms with Gasteiger partial charge in [-0.25, -0.2) is 0 Å². The standard InChI is InChI=1S/C34H52O4/c1-7-8-9-10-13-31(37)33(4,5)32(38)19-14-23(2)27-17-18-28-26(12-11-20-34(27,28)6)16-15-25-21-29(35)24(3)30(36)22-25/h14-16,19,23,27-30,35-36H,3,7-13,17-18,20-22H2,1-2,4-6H3/b19-14+,25-15?,26-16+/t23?,27-,28+,29-,30?,34?/m1/s1. The van der Waals surface area contributed by atoms with Crippen LogP contribution < -0.4 is 0 Å². The summed E-state index contributed by atoms with van der Waals surface area (Å²) in [4.78, 5) is 25.8. The van der Waals surface area contributed by atoms with Crippen molar-refractivity contribution in [1.29, 1.82) is 0 Å². The molecule has 38 heavy (non-hydrogen) atoms. The van der Waals surface area contributed by atoms with Gasteiger partial charge in [-0.15, -0.1) is 0 Å². The SMILES string of the molecule is C=C1C(O)CC(=C/C=C2\CCCC3(C)[C@@H](C(C)/C=C/C(=O)C(C)(C)C(=O)CCCCCC)CC[C@@H]23)C[C@H]1O. The van der Waals surface area contributed by atoms with Crippen LogP contribution >= 0.6 is 0 Å². The predicted octanol–water partition coefficient (Wildman–Crippen LogP) is 7.45. The number of rotatable bonds is 11. The molecular weight excluding hydrogens is 472 g/mol. The maximum absolute atomic E-state index is 13.1. The van der Waals surface area contributed by atoms with Crippen molar-refractivity contribution in [3.63, 3.8) is 0 Å². The molecule has 3 aliphatic carbocycles. The minimum atomic E-state index is -0.953. The number of fused-ring (bicyclic) bond motifs is 1. The van der Waals surface area contributed by atoms with Crippen LogP contribution in [0.5, 0.6) is 0 Å². The molecule has 3 aliphatic rings. The third-order valence-corrected chi connectivity index (χ3v) is 10.1. The lowest BCUT2D eigenvalue weighted by Gasteiger charge is -2.44. The summed E-state index contributed by atoms with van der Waals surface area (Å²) in [5, 5.41) is 20.4. The summed E-state index contributed by atoms with van der Waals surface area (Å²) in [5.74, 6) is 1.29. The smallest absolute Gasteiger partial charge is 0.168 e. The molecule has 3 saturated carbocycles. The topological polar surface area (TPSA) is 74.6 Å². The average Bonchev–Trinajstić information content (AvgIpc) is 3.24. The van der Waals surface area contributed by atoms with E-state index in [1.165, 1.54) is 12.0 Å². The van der Waals surface area contributed by atoms with Gasteiger partial charge in [0.25, 0.3) is 0 Å². The lowest BCUT2D eigenvalue weighted by atomic mass is 9.61. The molecule has 4 heteroatoms. The molecule has 0 amide bonds. The Kier molecular flexibility index (Phi) is 10.6. The summed E-state index contributed by atoms with van der Waals surface area (Å²) in [7, 11) is 0. The van der Waals surface area contributed by atoms with Crippen molar-refractivity contribution in [2.75, 3.05) is 0 Å². The quantitative estimate of drug-likeness (QED) is 0.127. The van der Waals surface area contributed by atoms with Crippen molar-refractivity contribution in [2.24, 2.45) is 28.6 Å². The Hall–Kier alpha value is -1.78. The molecule has 0 aromatic rings. The molecule has 3 unspecified atom stereocenters. The molecular formula is C34H52O4. The first-order chi connectivity index (χ1) is 17.9. The van der Waals surface area contributed by atoms with Gasteiger partial charge in [-0.1, -0.05) is 76.0 Å². The first kappa shape index (κ1) is 30.8. The van der Waals surface area contributed by atoms with Gasteiger partial charge < -0.3 is 10.2 Å². The number of hydrogen-bond acceptors (Lipinski definition) is 4. The first-order valence-corrected chi connectivity index (χ1v) is 15.1. The molecule has 0 aromatic heterocycles. The van der Waals surface area contributed by atoms with Crippen molar-refractivity contribution in [3.8, 4) is 0 Å². The van der Waals surface area contributed by atoms with E-state index in [1.807, 2.05) is 0 Å². The summed E-state index contributed by atoms with van der Waals surface area (Å²) in [5.41, 5.74) is 2.35. The summed E-state index contributed by atoms with van der Waals surface area (Å²) in [6.07, 6.45) is 18.4. The summed E-state index contributed by atoms with van der Waals surface area (Å²) in [6.45, 7) is 14.2. The van der Waals surface area contributed by atoms with Crippen LogP contribution in [0.1, 0.15) is 112 Å². The summed E-state index contributed by atoms with van der Waals surface area (Å²) >= 11 is 0. The summed E-state index contributed by atoms with van der Waals surface area (Å²) < 4.78 is 0. The maximum atomic E-state index is 13.1. The van der Waals surface area contributed by atoms with E-state index >= 15 is 0 Å². The molecule has 2 N–H and O–H groups in total. The number of allylic oxidation sites excluding steroid dienone is 5. The normalized spacial score (nSPS) is 33.2. The van der Waals surface area contributed by atoms with E-state index in [1.54, 1.807) is 19.9 Å². The molecule has 0 bridgehead atoms. The van der Waals surface area contributed by atoms with Crippen molar-refractivity contribution >= 4 is 11.6 Å². The molecule has 0 aliphatic heterocycles. The molecule has 4 nitrogen and oxygen atoms in total. The molecule has 212 valence electrons. The minimum absolute atomic E-state index is 0.0577. The van der Waals surface area contributed by atoms with Crippen LogP contribution in [0.2, 0.25) is 0 Å².